The normalized spacial score (nSPS) is 54.5. The van der Waals surface area contributed by atoms with Gasteiger partial charge in [0.15, 0.2) is 24.7 Å². The predicted molar refractivity (Wildman–Crippen MR) is 184 cm³/mol. The summed E-state index contributed by atoms with van der Waals surface area (Å²) in [6, 6.07) is 0. The predicted octanol–water partition coefficient (Wildman–Crippen LogP) is 1.55. The van der Waals surface area contributed by atoms with Crippen LogP contribution in [0.1, 0.15) is 92.4 Å². The van der Waals surface area contributed by atoms with Crippen LogP contribution < -0.4 is 0 Å². The molecule has 7 aliphatic rings. The van der Waals surface area contributed by atoms with Gasteiger partial charge in [-0.05, 0) is 105 Å². The molecule has 0 amide bonds. The first-order valence-electron chi connectivity index (χ1n) is 19.8. The quantitative estimate of drug-likeness (QED) is 0.198. The van der Waals surface area contributed by atoms with Crippen LogP contribution in [0.3, 0.4) is 0 Å². The monoisotopic (exact) mass is 738 g/mol. The van der Waals surface area contributed by atoms with Gasteiger partial charge in [0.2, 0.25) is 0 Å². The number of allylic oxidation sites excluding steroid dienone is 2. The van der Waals surface area contributed by atoms with Crippen molar-refractivity contribution in [1.82, 2.24) is 0 Å². The maximum absolute atomic E-state index is 14.2. The first kappa shape index (κ1) is 39.2. The number of hydrogen-bond donors (Lipinski definition) is 7. The van der Waals surface area contributed by atoms with E-state index in [2.05, 4.69) is 20.8 Å². The Hall–Kier alpha value is -1.07. The summed E-state index contributed by atoms with van der Waals surface area (Å²) in [5.41, 5.74) is 1.12. The molecule has 3 aliphatic heterocycles. The molecule has 0 spiro atoms. The van der Waals surface area contributed by atoms with Crippen LogP contribution in [-0.4, -0.2) is 128 Å². The number of carbonyl (C=O) groups excluding carboxylic acids is 1. The van der Waals surface area contributed by atoms with E-state index in [0.29, 0.717) is 30.6 Å². The highest BCUT2D eigenvalue weighted by atomic mass is 16.8. The molecule has 0 radical (unpaired) electrons. The lowest BCUT2D eigenvalue weighted by Gasteiger charge is -2.57. The molecule has 3 heterocycles. The van der Waals surface area contributed by atoms with Crippen molar-refractivity contribution >= 4 is 5.78 Å². The molecule has 296 valence electrons. The highest BCUT2D eigenvalue weighted by Crippen LogP contribution is 2.67. The maximum Gasteiger partial charge on any atom is 0.187 e. The smallest absolute Gasteiger partial charge is 0.187 e. The van der Waals surface area contributed by atoms with Gasteiger partial charge in [-0.1, -0.05) is 33.3 Å². The minimum atomic E-state index is -1.66. The Morgan fingerprint density at radius 3 is 2.19 bits per heavy atom. The Kier molecular flexibility index (Phi) is 11.1. The minimum Gasteiger partial charge on any atom is -0.394 e. The van der Waals surface area contributed by atoms with Crippen molar-refractivity contribution in [2.45, 2.75) is 172 Å². The number of aliphatic hydroxyl groups excluding tert-OH is 7. The molecule has 0 aromatic heterocycles. The van der Waals surface area contributed by atoms with E-state index in [1.807, 2.05) is 13.0 Å². The van der Waals surface area contributed by atoms with E-state index in [0.717, 1.165) is 44.9 Å². The van der Waals surface area contributed by atoms with Crippen LogP contribution in [0.15, 0.2) is 11.6 Å². The molecule has 13 nitrogen and oxygen atoms in total. The standard InChI is InChI=1S/C39H62O13/c1-17-6-9-27(50-35(17)47)18(2)22-7-8-23-21-15-26(41)25-14-20(10-12-39(25,5)24(21)11-13-38(22,23)4)49-37-34(32(45)30(43)28(16-40)51-37)52-36-33(46)31(44)29(42)19(3)48-36/h15,17-20,22-25,27-37,40,42-47H,6-14,16H2,1-5H3/t17-,18-,19-,20-,22+,23?,24?,25+,27+,28+,29-,30+,31+,32-,33+,34+,35-,36-,37+,38+,39+/m0/s1. The van der Waals surface area contributed by atoms with Crippen LogP contribution in [0.25, 0.3) is 0 Å². The van der Waals surface area contributed by atoms with Crippen LogP contribution in [-0.2, 0) is 28.5 Å². The lowest BCUT2D eigenvalue weighted by atomic mass is 9.47. The zero-order chi connectivity index (χ0) is 37.4. The number of rotatable bonds is 7. The Morgan fingerprint density at radius 1 is 0.769 bits per heavy atom. The van der Waals surface area contributed by atoms with Gasteiger partial charge in [-0.2, -0.15) is 0 Å². The largest absolute Gasteiger partial charge is 0.394 e. The first-order chi connectivity index (χ1) is 24.6. The molecule has 3 saturated carbocycles. The van der Waals surface area contributed by atoms with E-state index in [1.54, 1.807) is 0 Å². The molecule has 6 fully saturated rings. The Morgan fingerprint density at radius 2 is 1.48 bits per heavy atom. The molecule has 0 bridgehead atoms. The maximum atomic E-state index is 14.2. The Bertz CT molecular complexity index is 1330. The second-order valence-corrected chi connectivity index (χ2v) is 17.9. The summed E-state index contributed by atoms with van der Waals surface area (Å²) in [7, 11) is 0. The summed E-state index contributed by atoms with van der Waals surface area (Å²) in [5.74, 6) is 1.36. The van der Waals surface area contributed by atoms with Gasteiger partial charge in [-0.3, -0.25) is 4.79 Å². The van der Waals surface area contributed by atoms with Gasteiger partial charge >= 0.3 is 0 Å². The van der Waals surface area contributed by atoms with Crippen LogP contribution in [0.4, 0.5) is 0 Å². The fourth-order valence-corrected chi connectivity index (χ4v) is 11.7. The zero-order valence-electron chi connectivity index (χ0n) is 31.2. The van der Waals surface area contributed by atoms with E-state index in [-0.39, 0.29) is 40.5 Å². The molecule has 0 aromatic rings. The van der Waals surface area contributed by atoms with Gasteiger partial charge in [0.05, 0.1) is 24.9 Å². The van der Waals surface area contributed by atoms with E-state index in [1.165, 1.54) is 12.5 Å². The molecule has 13 heteroatoms. The second kappa shape index (κ2) is 14.8. The van der Waals surface area contributed by atoms with Crippen LogP contribution >= 0.6 is 0 Å². The summed E-state index contributed by atoms with van der Waals surface area (Å²) < 4.78 is 30.0. The van der Waals surface area contributed by atoms with Crippen molar-refractivity contribution in [3.8, 4) is 0 Å². The highest BCUT2D eigenvalue weighted by molar-refractivity contribution is 5.94. The summed E-state index contributed by atoms with van der Waals surface area (Å²) >= 11 is 0. The zero-order valence-corrected chi connectivity index (χ0v) is 31.2. The second-order valence-electron chi connectivity index (χ2n) is 17.9. The number of fused-ring (bicyclic) bond motifs is 5. The van der Waals surface area contributed by atoms with Gasteiger partial charge in [0.1, 0.15) is 42.7 Å². The Labute approximate surface area is 306 Å². The van der Waals surface area contributed by atoms with Crippen LogP contribution in [0.5, 0.6) is 0 Å². The van der Waals surface area contributed by atoms with Crippen molar-refractivity contribution in [3.63, 3.8) is 0 Å². The molecule has 7 N–H and O–H groups in total. The number of hydrogen-bond acceptors (Lipinski definition) is 13. The summed E-state index contributed by atoms with van der Waals surface area (Å²) in [6.45, 7) is 9.92. The molecule has 4 aliphatic carbocycles. The SMILES string of the molecule is C[C@@H]([C@H]1CCC2C3=CC(=O)[C@H]4C[C@@H](O[C@@H]5O[C@H](CO)[C@@H](O)[C@H](O)[C@H]5O[C@@H]5O[C@@H](C)[C@H](O)[C@@H](O)[C@H]5O)CC[C@]4(C)C3CC[C@@]21C)[C@H]1CC[C@H](C)[C@@H](O)O1. The molecule has 2 unspecified atom stereocenters. The minimum absolute atomic E-state index is 0.0436. The summed E-state index contributed by atoms with van der Waals surface area (Å²) in [6.07, 6.45) is -5.20. The molecule has 7 rings (SSSR count). The van der Waals surface area contributed by atoms with Crippen molar-refractivity contribution in [2.24, 2.45) is 46.3 Å². The van der Waals surface area contributed by atoms with Gasteiger partial charge in [0.25, 0.3) is 0 Å². The van der Waals surface area contributed by atoms with E-state index in [9.17, 15) is 40.5 Å². The van der Waals surface area contributed by atoms with Crippen LogP contribution in [0, 0.1) is 46.3 Å². The number of ketones is 1. The van der Waals surface area contributed by atoms with E-state index >= 15 is 0 Å². The topological polar surface area (TPSA) is 205 Å². The number of ether oxygens (including phenoxy) is 5. The average molecular weight is 739 g/mol. The number of aliphatic hydroxyl groups is 7. The fraction of sp³-hybridized carbons (Fsp3) is 0.923. The third-order valence-electron chi connectivity index (χ3n) is 15.1. The average Bonchev–Trinajstić information content (AvgIpc) is 3.47. The third kappa shape index (κ3) is 6.56. The van der Waals surface area contributed by atoms with Crippen LogP contribution in [0.2, 0.25) is 0 Å². The van der Waals surface area contributed by atoms with Crippen molar-refractivity contribution < 1.29 is 64.2 Å². The van der Waals surface area contributed by atoms with Crippen molar-refractivity contribution in [3.05, 3.63) is 11.6 Å². The van der Waals surface area contributed by atoms with Gasteiger partial charge in [-0.25, -0.2) is 0 Å². The van der Waals surface area contributed by atoms with Crippen molar-refractivity contribution in [2.75, 3.05) is 6.61 Å². The highest BCUT2D eigenvalue weighted by Gasteiger charge is 2.61. The molecular formula is C39H62O13. The molecule has 3 saturated heterocycles. The van der Waals surface area contributed by atoms with E-state index in [4.69, 9.17) is 23.7 Å². The fourth-order valence-electron chi connectivity index (χ4n) is 11.7. The van der Waals surface area contributed by atoms with E-state index < -0.39 is 80.4 Å². The van der Waals surface area contributed by atoms with Gasteiger partial charge < -0.3 is 59.4 Å². The third-order valence-corrected chi connectivity index (χ3v) is 15.1. The molecule has 0 aromatic carbocycles. The summed E-state index contributed by atoms with van der Waals surface area (Å²) in [4.78, 5) is 14.2. The molecule has 21 atom stereocenters. The van der Waals surface area contributed by atoms with Gasteiger partial charge in [-0.15, -0.1) is 0 Å². The molecular weight excluding hydrogens is 676 g/mol. The summed E-state index contributed by atoms with van der Waals surface area (Å²) in [5, 5.41) is 73.3. The Balaban J connectivity index is 1.06. The lowest BCUT2D eigenvalue weighted by Crippen LogP contribution is -2.64. The van der Waals surface area contributed by atoms with Gasteiger partial charge in [0, 0.05) is 11.8 Å². The lowest BCUT2D eigenvalue weighted by molar-refractivity contribution is -0.370. The van der Waals surface area contributed by atoms with Crippen molar-refractivity contribution in [1.29, 1.82) is 0 Å². The molecule has 52 heavy (non-hydrogen) atoms. The number of carbonyl (C=O) groups is 1. The first-order valence-corrected chi connectivity index (χ1v) is 19.8.